The third-order valence-electron chi connectivity index (χ3n) is 1.85. The smallest absolute Gasteiger partial charge is 0.249 e. The van der Waals surface area contributed by atoms with E-state index in [1.165, 1.54) is 16.8 Å². The van der Waals surface area contributed by atoms with Gasteiger partial charge in [-0.25, -0.2) is 14.3 Å². The average Bonchev–Trinajstić information content (AvgIpc) is 2.61. The summed E-state index contributed by atoms with van der Waals surface area (Å²) in [6, 6.07) is 1.49. The molecule has 0 radical (unpaired) electrons. The van der Waals surface area contributed by atoms with Crippen molar-refractivity contribution in [2.75, 3.05) is 0 Å². The van der Waals surface area contributed by atoms with Gasteiger partial charge in [0.05, 0.1) is 21.2 Å². The molecule has 0 bridgehead atoms. The molecule has 0 aromatic carbocycles. The maximum atomic E-state index is 11.7. The van der Waals surface area contributed by atoms with Crippen molar-refractivity contribution in [2.45, 2.75) is 0 Å². The monoisotopic (exact) mass is 292 g/mol. The van der Waals surface area contributed by atoms with Gasteiger partial charge in [-0.1, -0.05) is 11.6 Å². The summed E-state index contributed by atoms with van der Waals surface area (Å²) in [7, 11) is 0. The first-order valence-electron chi connectivity index (χ1n) is 3.79. The molecule has 2 rings (SSSR count). The van der Waals surface area contributed by atoms with Crippen molar-refractivity contribution in [1.82, 2.24) is 9.61 Å². The minimum Gasteiger partial charge on any atom is -0.249 e. The molecular weight excluding hydrogens is 290 g/mol. The number of nitrogens with zero attached hydrogens (tertiary/aromatic N) is 2. The maximum absolute atomic E-state index is 11.7. The topological polar surface area (TPSA) is 43.6 Å². The number of halogens is 3. The van der Waals surface area contributed by atoms with Crippen LogP contribution in [0.3, 0.4) is 0 Å². The molecule has 15 heavy (non-hydrogen) atoms. The molecule has 0 aliphatic heterocycles. The Labute approximate surface area is 96.6 Å². The van der Waals surface area contributed by atoms with E-state index in [0.717, 1.165) is 0 Å². The number of fused-ring (bicyclic) bond motifs is 1. The molecule has 0 saturated heterocycles. The Balaban J connectivity index is 2.69. The van der Waals surface area contributed by atoms with Crippen LogP contribution >= 0.6 is 27.5 Å². The molecule has 0 saturated carbocycles. The molecule has 2 aromatic rings. The Bertz CT molecular complexity index is 543. The maximum Gasteiger partial charge on any atom is 0.383 e. The third-order valence-corrected chi connectivity index (χ3v) is 3.02. The summed E-state index contributed by atoms with van der Waals surface area (Å²) in [5.74, 6) is -1.09. The van der Waals surface area contributed by atoms with E-state index in [-0.39, 0.29) is 5.56 Å². The second-order valence-electron chi connectivity index (χ2n) is 2.72. The first-order chi connectivity index (χ1) is 7.13. The van der Waals surface area contributed by atoms with E-state index in [1.807, 2.05) is 0 Å². The largest absolute Gasteiger partial charge is 0.383 e. The van der Waals surface area contributed by atoms with Gasteiger partial charge in [-0.15, -0.1) is 0 Å². The molecule has 0 atom stereocenters. The van der Waals surface area contributed by atoms with Crippen LogP contribution < -0.4 is 0 Å². The van der Waals surface area contributed by atoms with Crippen molar-refractivity contribution in [3.8, 4) is 0 Å². The number of carbonyl (C=O) groups is 1. The SMILES string of the molecule is O=C(OF)c1cnn2cc(Br)c(Cl)cc12. The van der Waals surface area contributed by atoms with Crippen LogP contribution in [0, 0.1) is 0 Å². The minimum absolute atomic E-state index is 0.0203. The summed E-state index contributed by atoms with van der Waals surface area (Å²) in [4.78, 5) is 14.1. The zero-order chi connectivity index (χ0) is 11.0. The second kappa shape index (κ2) is 3.79. The van der Waals surface area contributed by atoms with Crippen LogP contribution in [0.4, 0.5) is 4.53 Å². The molecule has 0 aliphatic rings. The lowest BCUT2D eigenvalue weighted by molar-refractivity contribution is -0.0786. The van der Waals surface area contributed by atoms with Crippen LogP contribution in [0.1, 0.15) is 10.4 Å². The van der Waals surface area contributed by atoms with E-state index in [0.29, 0.717) is 15.0 Å². The highest BCUT2D eigenvalue weighted by molar-refractivity contribution is 9.10. The molecule has 0 fully saturated rings. The van der Waals surface area contributed by atoms with Crippen LogP contribution in [0.15, 0.2) is 22.9 Å². The van der Waals surface area contributed by atoms with Gasteiger partial charge in [0, 0.05) is 10.7 Å². The summed E-state index contributed by atoms with van der Waals surface area (Å²) >= 11 is 9.03. The van der Waals surface area contributed by atoms with Crippen molar-refractivity contribution in [3.63, 3.8) is 0 Å². The van der Waals surface area contributed by atoms with E-state index < -0.39 is 5.97 Å². The summed E-state index contributed by atoms with van der Waals surface area (Å²) < 4.78 is 13.7. The molecule has 0 N–H and O–H groups in total. The van der Waals surface area contributed by atoms with Crippen LogP contribution in [-0.2, 0) is 4.94 Å². The Morgan fingerprint density at radius 2 is 2.40 bits per heavy atom. The third kappa shape index (κ3) is 1.70. The summed E-state index contributed by atoms with van der Waals surface area (Å²) in [5, 5.41) is 4.25. The van der Waals surface area contributed by atoms with Gasteiger partial charge in [-0.3, -0.25) is 0 Å². The van der Waals surface area contributed by atoms with E-state index in [1.54, 1.807) is 6.20 Å². The number of carbonyl (C=O) groups excluding carboxylic acids is 1. The molecule has 0 spiro atoms. The Hall–Kier alpha value is -1.14. The molecule has 2 heterocycles. The van der Waals surface area contributed by atoms with Crippen molar-refractivity contribution in [1.29, 1.82) is 0 Å². The molecular formula is C8H3BrClFN2O2. The number of rotatable bonds is 1. The Morgan fingerprint density at radius 1 is 1.67 bits per heavy atom. The van der Waals surface area contributed by atoms with E-state index in [9.17, 15) is 9.32 Å². The highest BCUT2D eigenvalue weighted by Crippen LogP contribution is 2.25. The molecule has 2 aromatic heterocycles. The van der Waals surface area contributed by atoms with Gasteiger partial charge in [0.1, 0.15) is 5.56 Å². The van der Waals surface area contributed by atoms with Crippen molar-refractivity contribution in [3.05, 3.63) is 33.5 Å². The lowest BCUT2D eigenvalue weighted by Crippen LogP contribution is -1.97. The zero-order valence-corrected chi connectivity index (χ0v) is 9.42. The van der Waals surface area contributed by atoms with Crippen LogP contribution in [0.25, 0.3) is 5.52 Å². The number of hydrogen-bond acceptors (Lipinski definition) is 3. The normalized spacial score (nSPS) is 10.6. The van der Waals surface area contributed by atoms with Gasteiger partial charge in [0.2, 0.25) is 0 Å². The van der Waals surface area contributed by atoms with Gasteiger partial charge in [0.15, 0.2) is 0 Å². The zero-order valence-electron chi connectivity index (χ0n) is 7.08. The lowest BCUT2D eigenvalue weighted by atomic mass is 10.3. The van der Waals surface area contributed by atoms with Crippen molar-refractivity contribution >= 4 is 39.0 Å². The minimum atomic E-state index is -1.09. The van der Waals surface area contributed by atoms with Gasteiger partial charge < -0.3 is 0 Å². The average molecular weight is 293 g/mol. The van der Waals surface area contributed by atoms with Crippen molar-refractivity contribution < 1.29 is 14.3 Å². The van der Waals surface area contributed by atoms with E-state index >= 15 is 0 Å². The molecule has 78 valence electrons. The Morgan fingerprint density at radius 3 is 3.07 bits per heavy atom. The fourth-order valence-electron chi connectivity index (χ4n) is 1.18. The quantitative estimate of drug-likeness (QED) is 0.812. The molecule has 7 heteroatoms. The van der Waals surface area contributed by atoms with Gasteiger partial charge >= 0.3 is 5.97 Å². The highest BCUT2D eigenvalue weighted by atomic mass is 79.9. The number of aromatic nitrogens is 2. The van der Waals surface area contributed by atoms with Gasteiger partial charge in [-0.05, 0) is 22.0 Å². The van der Waals surface area contributed by atoms with Crippen LogP contribution in [0.2, 0.25) is 5.02 Å². The molecule has 4 nitrogen and oxygen atoms in total. The summed E-state index contributed by atoms with van der Waals surface area (Å²) in [5.41, 5.74) is 0.401. The van der Waals surface area contributed by atoms with Crippen LogP contribution in [0.5, 0.6) is 0 Å². The predicted molar refractivity (Wildman–Crippen MR) is 54.4 cm³/mol. The molecule has 0 unspecified atom stereocenters. The molecule has 0 amide bonds. The molecule has 0 aliphatic carbocycles. The van der Waals surface area contributed by atoms with Crippen molar-refractivity contribution in [2.24, 2.45) is 0 Å². The van der Waals surface area contributed by atoms with Gasteiger partial charge in [-0.2, -0.15) is 5.10 Å². The van der Waals surface area contributed by atoms with E-state index in [2.05, 4.69) is 26.0 Å². The second-order valence-corrected chi connectivity index (χ2v) is 3.98. The number of pyridine rings is 1. The van der Waals surface area contributed by atoms with Gasteiger partial charge in [0.25, 0.3) is 0 Å². The van der Waals surface area contributed by atoms with Crippen LogP contribution in [-0.4, -0.2) is 15.6 Å². The highest BCUT2D eigenvalue weighted by Gasteiger charge is 2.15. The fraction of sp³-hybridized carbons (Fsp3) is 0. The number of hydrogen-bond donors (Lipinski definition) is 0. The first-order valence-corrected chi connectivity index (χ1v) is 4.96. The Kier molecular flexibility index (Phi) is 2.62. The predicted octanol–water partition coefficient (Wildman–Crippen LogP) is 2.79. The standard InChI is InChI=1S/C8H3BrClFN2O2/c9-5-3-13-7(1-6(5)10)4(2-12-13)8(14)15-11/h1-3H. The van der Waals surface area contributed by atoms with E-state index in [4.69, 9.17) is 11.6 Å². The fourth-order valence-corrected chi connectivity index (χ4v) is 1.64. The summed E-state index contributed by atoms with van der Waals surface area (Å²) in [6.45, 7) is 0. The first kappa shape index (κ1) is 10.4. The lowest BCUT2D eigenvalue weighted by Gasteiger charge is -1.98. The summed E-state index contributed by atoms with van der Waals surface area (Å²) in [6.07, 6.45) is 2.77.